The van der Waals surface area contributed by atoms with Gasteiger partial charge in [-0.25, -0.2) is 0 Å². The zero-order chi connectivity index (χ0) is 12.5. The summed E-state index contributed by atoms with van der Waals surface area (Å²) in [5.41, 5.74) is 2.18. The van der Waals surface area contributed by atoms with E-state index in [9.17, 15) is 0 Å². The molecule has 1 unspecified atom stereocenters. The third-order valence-corrected chi connectivity index (χ3v) is 4.14. The SMILES string of the molecule is Cc1ccc(-c2noc(C3CCNC3)n2)cc1Br. The lowest BCUT2D eigenvalue weighted by molar-refractivity contribution is 0.359. The number of benzene rings is 1. The summed E-state index contributed by atoms with van der Waals surface area (Å²) in [5, 5.41) is 7.37. The van der Waals surface area contributed by atoms with Gasteiger partial charge in [0.15, 0.2) is 0 Å². The van der Waals surface area contributed by atoms with Crippen molar-refractivity contribution in [1.29, 1.82) is 0 Å². The van der Waals surface area contributed by atoms with Crippen LogP contribution in [0.3, 0.4) is 0 Å². The normalized spacial score (nSPS) is 19.3. The Kier molecular flexibility index (Phi) is 3.18. The number of aryl methyl sites for hydroxylation is 1. The van der Waals surface area contributed by atoms with E-state index in [1.807, 2.05) is 18.2 Å². The van der Waals surface area contributed by atoms with Gasteiger partial charge < -0.3 is 9.84 Å². The van der Waals surface area contributed by atoms with Gasteiger partial charge in [-0.15, -0.1) is 0 Å². The van der Waals surface area contributed by atoms with E-state index < -0.39 is 0 Å². The Morgan fingerprint density at radius 2 is 2.33 bits per heavy atom. The summed E-state index contributed by atoms with van der Waals surface area (Å²) < 4.78 is 6.42. The molecule has 0 aliphatic carbocycles. The molecule has 5 heteroatoms. The van der Waals surface area contributed by atoms with E-state index >= 15 is 0 Å². The summed E-state index contributed by atoms with van der Waals surface area (Å²) in [4.78, 5) is 4.49. The van der Waals surface area contributed by atoms with Gasteiger partial charge in [0.2, 0.25) is 11.7 Å². The molecule has 1 saturated heterocycles. The lowest BCUT2D eigenvalue weighted by Gasteiger charge is -2.00. The fourth-order valence-electron chi connectivity index (χ4n) is 2.12. The molecule has 18 heavy (non-hydrogen) atoms. The van der Waals surface area contributed by atoms with Crippen molar-refractivity contribution in [3.8, 4) is 11.4 Å². The molecule has 0 saturated carbocycles. The van der Waals surface area contributed by atoms with Gasteiger partial charge in [0.25, 0.3) is 0 Å². The maximum absolute atomic E-state index is 5.36. The fraction of sp³-hybridized carbons (Fsp3) is 0.385. The molecule has 0 bridgehead atoms. The number of hydrogen-bond donors (Lipinski definition) is 1. The van der Waals surface area contributed by atoms with Gasteiger partial charge in [0.1, 0.15) is 0 Å². The van der Waals surface area contributed by atoms with Crippen LogP contribution in [0.15, 0.2) is 27.2 Å². The smallest absolute Gasteiger partial charge is 0.231 e. The van der Waals surface area contributed by atoms with Crippen molar-refractivity contribution in [2.75, 3.05) is 13.1 Å². The Hall–Kier alpha value is -1.20. The van der Waals surface area contributed by atoms with E-state index in [2.05, 4.69) is 38.3 Å². The molecule has 2 heterocycles. The number of nitrogens with one attached hydrogen (secondary N) is 1. The quantitative estimate of drug-likeness (QED) is 0.927. The summed E-state index contributed by atoms with van der Waals surface area (Å²) in [6.45, 7) is 4.01. The zero-order valence-corrected chi connectivity index (χ0v) is 11.7. The summed E-state index contributed by atoms with van der Waals surface area (Å²) >= 11 is 3.52. The molecule has 1 N–H and O–H groups in total. The van der Waals surface area contributed by atoms with Crippen LogP contribution < -0.4 is 5.32 Å². The predicted octanol–water partition coefficient (Wildman–Crippen LogP) is 2.88. The molecule has 2 aromatic rings. The highest BCUT2D eigenvalue weighted by Crippen LogP contribution is 2.26. The molecule has 0 radical (unpaired) electrons. The number of halogens is 1. The van der Waals surface area contributed by atoms with Gasteiger partial charge in [0.05, 0.1) is 5.92 Å². The van der Waals surface area contributed by atoms with Crippen LogP contribution in [-0.2, 0) is 0 Å². The van der Waals surface area contributed by atoms with Crippen LogP contribution in [0.1, 0.15) is 23.8 Å². The highest BCUT2D eigenvalue weighted by Gasteiger charge is 2.23. The lowest BCUT2D eigenvalue weighted by atomic mass is 10.1. The van der Waals surface area contributed by atoms with Crippen molar-refractivity contribution in [1.82, 2.24) is 15.5 Å². The van der Waals surface area contributed by atoms with Crippen LogP contribution in [-0.4, -0.2) is 23.2 Å². The number of aromatic nitrogens is 2. The first-order chi connectivity index (χ1) is 8.74. The summed E-state index contributed by atoms with van der Waals surface area (Å²) in [5.74, 6) is 1.77. The average Bonchev–Trinajstić information content (AvgIpc) is 3.01. The Morgan fingerprint density at radius 1 is 1.44 bits per heavy atom. The Morgan fingerprint density at radius 3 is 3.06 bits per heavy atom. The average molecular weight is 308 g/mol. The van der Waals surface area contributed by atoms with Crippen molar-refractivity contribution in [3.05, 3.63) is 34.1 Å². The van der Waals surface area contributed by atoms with Crippen molar-refractivity contribution < 1.29 is 4.52 Å². The van der Waals surface area contributed by atoms with Crippen molar-refractivity contribution in [3.63, 3.8) is 0 Å². The summed E-state index contributed by atoms with van der Waals surface area (Å²) in [7, 11) is 0. The summed E-state index contributed by atoms with van der Waals surface area (Å²) in [6.07, 6.45) is 1.07. The van der Waals surface area contributed by atoms with Crippen LogP contribution in [0.25, 0.3) is 11.4 Å². The molecule has 1 aliphatic rings. The van der Waals surface area contributed by atoms with E-state index in [1.165, 1.54) is 5.56 Å². The first-order valence-corrected chi connectivity index (χ1v) is 6.84. The Labute approximate surface area is 114 Å². The number of nitrogens with zero attached hydrogens (tertiary/aromatic N) is 2. The van der Waals surface area contributed by atoms with Crippen LogP contribution in [0.5, 0.6) is 0 Å². The Balaban J connectivity index is 1.89. The van der Waals surface area contributed by atoms with Gasteiger partial charge in [-0.2, -0.15) is 4.98 Å². The number of hydrogen-bond acceptors (Lipinski definition) is 4. The fourth-order valence-corrected chi connectivity index (χ4v) is 2.49. The van der Waals surface area contributed by atoms with Gasteiger partial charge in [0, 0.05) is 16.6 Å². The van der Waals surface area contributed by atoms with Crippen LogP contribution in [0.4, 0.5) is 0 Å². The minimum atomic E-state index is 0.361. The van der Waals surface area contributed by atoms with E-state index in [0.717, 1.165) is 35.4 Å². The highest BCUT2D eigenvalue weighted by molar-refractivity contribution is 9.10. The van der Waals surface area contributed by atoms with Crippen molar-refractivity contribution >= 4 is 15.9 Å². The van der Waals surface area contributed by atoms with Gasteiger partial charge in [-0.1, -0.05) is 33.2 Å². The molecule has 1 fully saturated rings. The van der Waals surface area contributed by atoms with Crippen LogP contribution in [0.2, 0.25) is 0 Å². The third kappa shape index (κ3) is 2.20. The predicted molar refractivity (Wildman–Crippen MR) is 72.4 cm³/mol. The molecule has 1 aromatic carbocycles. The maximum atomic E-state index is 5.36. The molecule has 1 aliphatic heterocycles. The first kappa shape index (κ1) is 11.9. The molecule has 3 rings (SSSR count). The lowest BCUT2D eigenvalue weighted by Crippen LogP contribution is -2.08. The van der Waals surface area contributed by atoms with E-state index in [0.29, 0.717) is 11.7 Å². The molecule has 94 valence electrons. The van der Waals surface area contributed by atoms with Gasteiger partial charge in [-0.05, 0) is 31.5 Å². The Bertz CT molecular complexity index is 561. The molecule has 1 atom stereocenters. The second kappa shape index (κ2) is 4.82. The molecule has 4 nitrogen and oxygen atoms in total. The van der Waals surface area contributed by atoms with E-state index in [1.54, 1.807) is 0 Å². The van der Waals surface area contributed by atoms with Crippen LogP contribution >= 0.6 is 15.9 Å². The summed E-state index contributed by atoms with van der Waals surface area (Å²) in [6, 6.07) is 6.09. The van der Waals surface area contributed by atoms with E-state index in [4.69, 9.17) is 4.52 Å². The molecular formula is C13H14BrN3O. The number of rotatable bonds is 2. The minimum Gasteiger partial charge on any atom is -0.339 e. The monoisotopic (exact) mass is 307 g/mol. The van der Waals surface area contributed by atoms with Crippen molar-refractivity contribution in [2.45, 2.75) is 19.3 Å². The molecular weight excluding hydrogens is 294 g/mol. The standard InChI is InChI=1S/C13H14BrN3O/c1-8-2-3-9(6-11(8)14)12-16-13(18-17-12)10-4-5-15-7-10/h2-3,6,10,15H,4-5,7H2,1H3. The topological polar surface area (TPSA) is 51.0 Å². The van der Waals surface area contributed by atoms with Crippen molar-refractivity contribution in [2.24, 2.45) is 0 Å². The largest absolute Gasteiger partial charge is 0.339 e. The maximum Gasteiger partial charge on any atom is 0.231 e. The highest BCUT2D eigenvalue weighted by atomic mass is 79.9. The third-order valence-electron chi connectivity index (χ3n) is 3.28. The van der Waals surface area contributed by atoms with Crippen LogP contribution in [0, 0.1) is 6.92 Å². The molecule has 1 aromatic heterocycles. The van der Waals surface area contributed by atoms with Gasteiger partial charge in [-0.3, -0.25) is 0 Å². The second-order valence-corrected chi connectivity index (χ2v) is 5.46. The minimum absolute atomic E-state index is 0.361. The van der Waals surface area contributed by atoms with Gasteiger partial charge >= 0.3 is 0 Å². The molecule has 0 spiro atoms. The molecule has 0 amide bonds. The van der Waals surface area contributed by atoms with E-state index in [-0.39, 0.29) is 0 Å². The second-order valence-electron chi connectivity index (χ2n) is 4.61. The zero-order valence-electron chi connectivity index (χ0n) is 10.1. The first-order valence-electron chi connectivity index (χ1n) is 6.05.